The minimum absolute atomic E-state index is 0.0989. The summed E-state index contributed by atoms with van der Waals surface area (Å²) < 4.78 is 86.2. The number of piperidine rings is 1. The van der Waals surface area contributed by atoms with Gasteiger partial charge in [0.15, 0.2) is 5.82 Å². The zero-order valence-electron chi connectivity index (χ0n) is 24.8. The van der Waals surface area contributed by atoms with Crippen LogP contribution in [0.2, 0.25) is 0 Å². The van der Waals surface area contributed by atoms with Crippen LogP contribution < -0.4 is 10.9 Å². The Balaban J connectivity index is 1.17. The number of aromatic nitrogens is 6. The fourth-order valence-electron chi connectivity index (χ4n) is 6.09. The molecule has 0 bridgehead atoms. The first kappa shape index (κ1) is 31.9. The number of nitrogens with zero attached hydrogens (tertiary/aromatic N) is 7. The lowest BCUT2D eigenvalue weighted by Crippen LogP contribution is -2.42. The van der Waals surface area contributed by atoms with E-state index in [0.29, 0.717) is 75.7 Å². The molecule has 0 aromatic carbocycles. The summed E-state index contributed by atoms with van der Waals surface area (Å²) in [5.41, 5.74) is -1.23. The van der Waals surface area contributed by atoms with E-state index < -0.39 is 55.0 Å². The molecule has 3 fully saturated rings. The summed E-state index contributed by atoms with van der Waals surface area (Å²) in [4.78, 5) is 26.5. The van der Waals surface area contributed by atoms with E-state index in [1.807, 2.05) is 0 Å². The van der Waals surface area contributed by atoms with E-state index in [0.717, 1.165) is 16.6 Å². The van der Waals surface area contributed by atoms with Crippen molar-refractivity contribution >= 4 is 37.0 Å². The normalized spacial score (nSPS) is 22.0. The number of pyridine rings is 1. The summed E-state index contributed by atoms with van der Waals surface area (Å²) in [5.74, 6) is 0.612. The van der Waals surface area contributed by atoms with Crippen molar-refractivity contribution in [3.63, 3.8) is 0 Å². The Bertz CT molecular complexity index is 1820. The minimum Gasteiger partial charge on any atom is -0.376 e. The maximum Gasteiger partial charge on any atom is 0.269 e. The maximum atomic E-state index is 14.0. The molecule has 45 heavy (non-hydrogen) atoms. The van der Waals surface area contributed by atoms with Crippen molar-refractivity contribution in [2.45, 2.75) is 87.7 Å². The lowest BCUT2D eigenvalue weighted by atomic mass is 10.1. The topological polar surface area (TPSA) is 171 Å². The van der Waals surface area contributed by atoms with Crippen LogP contribution in [0.1, 0.15) is 75.2 Å². The van der Waals surface area contributed by atoms with Crippen molar-refractivity contribution in [1.29, 1.82) is 0 Å². The molecule has 2 atom stereocenters. The molecule has 4 heterocycles. The van der Waals surface area contributed by atoms with Gasteiger partial charge in [0.05, 0.1) is 29.2 Å². The van der Waals surface area contributed by atoms with Crippen LogP contribution in [-0.4, -0.2) is 93.2 Å². The van der Waals surface area contributed by atoms with Gasteiger partial charge in [0, 0.05) is 43.7 Å². The summed E-state index contributed by atoms with van der Waals surface area (Å²) in [6.07, 6.45) is 5.50. The molecule has 2 saturated carbocycles. The van der Waals surface area contributed by atoms with Crippen LogP contribution in [0.4, 0.5) is 14.7 Å². The number of alkyl halides is 2. The maximum absolute atomic E-state index is 14.0. The molecule has 246 valence electrons. The molecule has 1 saturated heterocycles. The summed E-state index contributed by atoms with van der Waals surface area (Å²) in [7, 11) is -6.77. The van der Waals surface area contributed by atoms with E-state index in [1.54, 1.807) is 0 Å². The van der Waals surface area contributed by atoms with Gasteiger partial charge in [0.1, 0.15) is 12.0 Å². The third-order valence-electron chi connectivity index (χ3n) is 8.64. The zero-order valence-corrected chi connectivity index (χ0v) is 26.4. The number of aryl methyl sites for hydroxylation is 1. The van der Waals surface area contributed by atoms with Gasteiger partial charge >= 0.3 is 0 Å². The van der Waals surface area contributed by atoms with E-state index >= 15 is 0 Å². The number of nitrogens with one attached hydrogen (secondary N) is 1. The van der Waals surface area contributed by atoms with Gasteiger partial charge in [-0.3, -0.25) is 9.36 Å². The number of anilines is 1. The first-order valence-electron chi connectivity index (χ1n) is 15.1. The molecule has 14 nitrogen and oxygen atoms in total. The molecule has 18 heteroatoms. The second-order valence-corrected chi connectivity index (χ2v) is 16.0. The number of halogens is 2. The van der Waals surface area contributed by atoms with Crippen LogP contribution >= 0.6 is 0 Å². The Morgan fingerprint density at radius 3 is 2.51 bits per heavy atom. The number of ether oxygens (including phenoxy) is 1. The van der Waals surface area contributed by atoms with Crippen molar-refractivity contribution in [1.82, 2.24) is 33.0 Å². The largest absolute Gasteiger partial charge is 0.376 e. The quantitative estimate of drug-likeness (QED) is 0.280. The number of rotatable bonds is 12. The molecule has 2 aliphatic carbocycles. The highest BCUT2D eigenvalue weighted by atomic mass is 32.2. The fraction of sp³-hybridized carbons (Fsp3) is 0.667. The summed E-state index contributed by atoms with van der Waals surface area (Å²) in [5, 5.41) is 7.24. The molecule has 1 aliphatic heterocycles. The molecule has 3 aromatic rings. The van der Waals surface area contributed by atoms with Crippen molar-refractivity contribution in [3.8, 4) is 0 Å². The highest BCUT2D eigenvalue weighted by Crippen LogP contribution is 2.35. The standard InChI is InChI=1S/C27H36F2N8O6S2/c1-44(39,40)35-11-9-18(10-12-35)32-27-30-15-17-14-20(24(28)29)26(38)37(25(17)33-27)21-4-2-5-22(21)43-13-3-6-23-31-16-36(34-23)45(41,42)19-7-8-19/h14-16,18-19,21-22,24H,2-13H2,1H3,(H,30,32,33)/t21-,22-/m0/s1. The van der Waals surface area contributed by atoms with Crippen LogP contribution in [-0.2, 0) is 31.2 Å². The van der Waals surface area contributed by atoms with Gasteiger partial charge in [0.2, 0.25) is 16.0 Å². The molecular weight excluding hydrogens is 634 g/mol. The third kappa shape index (κ3) is 6.88. The number of hydrogen-bond acceptors (Lipinski definition) is 11. The summed E-state index contributed by atoms with van der Waals surface area (Å²) >= 11 is 0. The van der Waals surface area contributed by atoms with E-state index in [4.69, 9.17) is 4.74 Å². The Morgan fingerprint density at radius 1 is 1.07 bits per heavy atom. The molecule has 1 N–H and O–H groups in total. The van der Waals surface area contributed by atoms with Crippen LogP contribution in [0.15, 0.2) is 23.4 Å². The highest BCUT2D eigenvalue weighted by Gasteiger charge is 2.38. The van der Waals surface area contributed by atoms with E-state index in [2.05, 4.69) is 25.4 Å². The fourth-order valence-corrected chi connectivity index (χ4v) is 8.39. The molecule has 0 radical (unpaired) electrons. The van der Waals surface area contributed by atoms with Crippen molar-refractivity contribution in [2.75, 3.05) is 31.3 Å². The van der Waals surface area contributed by atoms with Gasteiger partial charge in [-0.05, 0) is 57.4 Å². The number of hydrogen-bond donors (Lipinski definition) is 1. The van der Waals surface area contributed by atoms with Gasteiger partial charge in [-0.15, -0.1) is 9.19 Å². The lowest BCUT2D eigenvalue weighted by molar-refractivity contribution is 0.0296. The van der Waals surface area contributed by atoms with Crippen LogP contribution in [0.25, 0.3) is 11.0 Å². The minimum atomic E-state index is -3.49. The van der Waals surface area contributed by atoms with Gasteiger partial charge < -0.3 is 10.1 Å². The highest BCUT2D eigenvalue weighted by molar-refractivity contribution is 7.90. The van der Waals surface area contributed by atoms with Crippen LogP contribution in [0.3, 0.4) is 0 Å². The second-order valence-electron chi connectivity index (χ2n) is 11.9. The van der Waals surface area contributed by atoms with Gasteiger partial charge in [0.25, 0.3) is 22.0 Å². The Hall–Kier alpha value is -3.09. The van der Waals surface area contributed by atoms with Gasteiger partial charge in [-0.1, -0.05) is 0 Å². The lowest BCUT2D eigenvalue weighted by Gasteiger charge is -2.30. The van der Waals surface area contributed by atoms with Crippen LogP contribution in [0.5, 0.6) is 0 Å². The van der Waals surface area contributed by atoms with Crippen molar-refractivity contribution in [3.05, 3.63) is 40.3 Å². The van der Waals surface area contributed by atoms with Crippen molar-refractivity contribution < 1.29 is 30.4 Å². The Kier molecular flexibility index (Phi) is 8.93. The zero-order chi connectivity index (χ0) is 31.9. The third-order valence-corrected chi connectivity index (χ3v) is 12.0. The van der Waals surface area contributed by atoms with E-state index in [-0.39, 0.29) is 24.2 Å². The molecule has 0 spiro atoms. The Morgan fingerprint density at radius 2 is 1.82 bits per heavy atom. The first-order valence-corrected chi connectivity index (χ1v) is 18.5. The Labute approximate surface area is 259 Å². The van der Waals surface area contributed by atoms with E-state index in [1.165, 1.54) is 27.7 Å². The predicted molar refractivity (Wildman–Crippen MR) is 160 cm³/mol. The van der Waals surface area contributed by atoms with Gasteiger partial charge in [-0.25, -0.2) is 39.9 Å². The average molecular weight is 671 g/mol. The SMILES string of the molecule is CS(=O)(=O)N1CCC(Nc2ncc3cc(C(F)F)c(=O)n([C@H]4CCC[C@@H]4OCCCc4ncn(S(=O)(=O)C5CC5)n4)c3n2)CC1. The molecule has 6 rings (SSSR count). The smallest absolute Gasteiger partial charge is 0.269 e. The summed E-state index contributed by atoms with van der Waals surface area (Å²) in [6, 6.07) is 0.506. The monoisotopic (exact) mass is 670 g/mol. The second kappa shape index (κ2) is 12.6. The van der Waals surface area contributed by atoms with Gasteiger partial charge in [-0.2, -0.15) is 4.98 Å². The molecule has 3 aliphatic rings. The molecule has 3 aromatic heterocycles. The number of fused-ring (bicyclic) bond motifs is 1. The molecular formula is C27H36F2N8O6S2. The van der Waals surface area contributed by atoms with Crippen LogP contribution in [0, 0.1) is 0 Å². The first-order chi connectivity index (χ1) is 21.4. The van der Waals surface area contributed by atoms with E-state index in [9.17, 15) is 30.4 Å². The average Bonchev–Trinajstić information content (AvgIpc) is 3.59. The number of sulfonamides is 1. The summed E-state index contributed by atoms with van der Waals surface area (Å²) in [6.45, 7) is 0.983. The molecule has 0 unspecified atom stereocenters. The van der Waals surface area contributed by atoms with Crippen molar-refractivity contribution in [2.24, 2.45) is 0 Å². The molecule has 0 amide bonds. The predicted octanol–water partition coefficient (Wildman–Crippen LogP) is 2.24.